The predicted octanol–water partition coefficient (Wildman–Crippen LogP) is 4.22. The van der Waals surface area contributed by atoms with E-state index in [-0.39, 0.29) is 17.7 Å². The maximum absolute atomic E-state index is 13.2. The molecular weight excluding hydrogens is 456 g/mol. The van der Waals surface area contributed by atoms with Gasteiger partial charge in [-0.1, -0.05) is 35.9 Å². The molecule has 4 aromatic rings. The van der Waals surface area contributed by atoms with Crippen molar-refractivity contribution < 1.29 is 27.2 Å². The largest absolute Gasteiger partial charge is 0.495 e. The van der Waals surface area contributed by atoms with Gasteiger partial charge in [-0.2, -0.15) is 0 Å². The molecule has 1 aliphatic rings. The minimum Gasteiger partial charge on any atom is -0.495 e. The molecule has 0 radical (unpaired) electrons. The van der Waals surface area contributed by atoms with E-state index in [9.17, 15) is 18.0 Å². The third-order valence-electron chi connectivity index (χ3n) is 6.00. The summed E-state index contributed by atoms with van der Waals surface area (Å²) in [7, 11) is -2.71. The fourth-order valence-corrected chi connectivity index (χ4v) is 5.86. The first-order valence-electron chi connectivity index (χ1n) is 10.7. The number of para-hydroxylation sites is 1. The number of hydrogen-bond donors (Lipinski definition) is 1. The Kier molecular flexibility index (Phi) is 5.28. The van der Waals surface area contributed by atoms with Crippen LogP contribution in [0.5, 0.6) is 5.75 Å². The molecule has 2 heterocycles. The third-order valence-corrected chi connectivity index (χ3v) is 7.84. The first kappa shape index (κ1) is 22.0. The summed E-state index contributed by atoms with van der Waals surface area (Å²) in [6.45, 7) is 1.83. The normalized spacial score (nSPS) is 16.4. The van der Waals surface area contributed by atoms with Crippen LogP contribution in [-0.2, 0) is 19.6 Å². The summed E-state index contributed by atoms with van der Waals surface area (Å²) >= 11 is 0. The summed E-state index contributed by atoms with van der Waals surface area (Å²) in [6, 6.07) is 15.9. The minimum atomic E-state index is -4.19. The van der Waals surface area contributed by atoms with Crippen LogP contribution in [0.15, 0.2) is 70.0 Å². The number of rotatable bonds is 5. The number of methoxy groups -OCH3 is 1. The molecule has 0 spiro atoms. The Morgan fingerprint density at radius 2 is 1.79 bits per heavy atom. The quantitative estimate of drug-likeness (QED) is 0.460. The van der Waals surface area contributed by atoms with Crippen LogP contribution in [0.4, 0.5) is 5.69 Å². The fourth-order valence-electron chi connectivity index (χ4n) is 4.26. The Labute approximate surface area is 196 Å². The van der Waals surface area contributed by atoms with Gasteiger partial charge in [0.2, 0.25) is 11.8 Å². The zero-order chi connectivity index (χ0) is 24.0. The van der Waals surface area contributed by atoms with Gasteiger partial charge in [-0.15, -0.1) is 0 Å². The van der Waals surface area contributed by atoms with Gasteiger partial charge in [-0.3, -0.25) is 9.59 Å². The molecule has 34 heavy (non-hydrogen) atoms. The Hall–Kier alpha value is -3.85. The number of ether oxygens (including phenoxy) is 1. The summed E-state index contributed by atoms with van der Waals surface area (Å²) in [4.78, 5) is 25.7. The number of nitrogens with one attached hydrogen (secondary N) is 1. The highest BCUT2D eigenvalue weighted by atomic mass is 32.2. The van der Waals surface area contributed by atoms with Crippen LogP contribution >= 0.6 is 0 Å². The molecule has 0 unspecified atom stereocenters. The van der Waals surface area contributed by atoms with Gasteiger partial charge in [0, 0.05) is 23.3 Å². The summed E-state index contributed by atoms with van der Waals surface area (Å²) in [5.74, 6) is -0.833. The number of sulfonamides is 1. The highest BCUT2D eigenvalue weighted by molar-refractivity contribution is 7.89. The van der Waals surface area contributed by atoms with E-state index in [1.165, 1.54) is 19.2 Å². The van der Waals surface area contributed by atoms with E-state index in [1.54, 1.807) is 24.3 Å². The molecular formula is C25H22N2O6S. The number of nitrogens with zero attached hydrogens (tertiary/aromatic N) is 1. The third kappa shape index (κ3) is 3.58. The SMILES string of the molecule is COc1cc2c(cc1NC(=O)[C@@H]1CCC(=O)N1S(=O)(=O)c1ccc(C)cc1)oc1ccccc12. The van der Waals surface area contributed by atoms with Crippen molar-refractivity contribution in [1.29, 1.82) is 0 Å². The number of hydrogen-bond acceptors (Lipinski definition) is 6. The zero-order valence-corrected chi connectivity index (χ0v) is 19.4. The molecule has 1 aliphatic heterocycles. The number of aryl methyl sites for hydroxylation is 1. The highest BCUT2D eigenvalue weighted by Gasteiger charge is 2.44. The van der Waals surface area contributed by atoms with Crippen LogP contribution < -0.4 is 10.1 Å². The molecule has 1 fully saturated rings. The molecule has 174 valence electrons. The van der Waals surface area contributed by atoms with Crippen molar-refractivity contribution >= 4 is 49.5 Å². The maximum atomic E-state index is 13.2. The summed E-state index contributed by atoms with van der Waals surface area (Å²) in [6.07, 6.45) is 0.0495. The maximum Gasteiger partial charge on any atom is 0.267 e. The number of carbonyl (C=O) groups is 2. The molecule has 8 nitrogen and oxygen atoms in total. The van der Waals surface area contributed by atoms with Crippen molar-refractivity contribution in [3.63, 3.8) is 0 Å². The first-order chi connectivity index (χ1) is 16.3. The monoisotopic (exact) mass is 478 g/mol. The van der Waals surface area contributed by atoms with Crippen LogP contribution in [0.1, 0.15) is 18.4 Å². The summed E-state index contributed by atoms with van der Waals surface area (Å²) < 4.78 is 38.5. The summed E-state index contributed by atoms with van der Waals surface area (Å²) in [5.41, 5.74) is 2.45. The van der Waals surface area contributed by atoms with E-state index in [1.807, 2.05) is 31.2 Å². The lowest BCUT2D eigenvalue weighted by Crippen LogP contribution is -2.45. The molecule has 2 amide bonds. The molecule has 0 saturated carbocycles. The number of anilines is 1. The number of benzene rings is 3. The van der Waals surface area contributed by atoms with E-state index in [0.717, 1.165) is 16.3 Å². The molecule has 1 N–H and O–H groups in total. The van der Waals surface area contributed by atoms with Gasteiger partial charge >= 0.3 is 0 Å². The van der Waals surface area contributed by atoms with Gasteiger partial charge in [-0.25, -0.2) is 12.7 Å². The smallest absolute Gasteiger partial charge is 0.267 e. The zero-order valence-electron chi connectivity index (χ0n) is 18.6. The van der Waals surface area contributed by atoms with E-state index >= 15 is 0 Å². The lowest BCUT2D eigenvalue weighted by molar-refractivity contribution is -0.128. The molecule has 0 bridgehead atoms. The molecule has 5 rings (SSSR count). The standard InChI is InChI=1S/C25H22N2O6S/c1-15-7-9-16(10-8-15)34(30,31)27-20(11-12-24(27)28)25(29)26-19-14-22-18(13-23(19)32-2)17-5-3-4-6-21(17)33-22/h3-10,13-14,20H,11-12H2,1-2H3,(H,26,29)/t20-/m0/s1. The van der Waals surface area contributed by atoms with Gasteiger partial charge in [-0.05, 0) is 37.6 Å². The average Bonchev–Trinajstić information content (AvgIpc) is 3.39. The van der Waals surface area contributed by atoms with E-state index < -0.39 is 27.9 Å². The van der Waals surface area contributed by atoms with Crippen molar-refractivity contribution in [2.24, 2.45) is 0 Å². The van der Waals surface area contributed by atoms with E-state index in [2.05, 4.69) is 5.32 Å². The van der Waals surface area contributed by atoms with Crippen molar-refractivity contribution in [2.75, 3.05) is 12.4 Å². The second-order valence-corrected chi connectivity index (χ2v) is 10.0. The highest BCUT2D eigenvalue weighted by Crippen LogP contribution is 2.37. The van der Waals surface area contributed by atoms with Crippen LogP contribution in [-0.4, -0.2) is 37.7 Å². The van der Waals surface area contributed by atoms with Crippen LogP contribution in [0.2, 0.25) is 0 Å². The van der Waals surface area contributed by atoms with Crippen molar-refractivity contribution in [3.8, 4) is 5.75 Å². The topological polar surface area (TPSA) is 106 Å². The lowest BCUT2D eigenvalue weighted by Gasteiger charge is -2.24. The molecule has 1 atom stereocenters. The summed E-state index contributed by atoms with van der Waals surface area (Å²) in [5, 5.41) is 4.47. The minimum absolute atomic E-state index is 0.0348. The Balaban J connectivity index is 1.49. The fraction of sp³-hybridized carbons (Fsp3) is 0.200. The van der Waals surface area contributed by atoms with Gasteiger partial charge < -0.3 is 14.5 Å². The van der Waals surface area contributed by atoms with E-state index in [4.69, 9.17) is 9.15 Å². The van der Waals surface area contributed by atoms with Gasteiger partial charge in [0.15, 0.2) is 0 Å². The van der Waals surface area contributed by atoms with Crippen molar-refractivity contribution in [3.05, 3.63) is 66.2 Å². The van der Waals surface area contributed by atoms with Crippen molar-refractivity contribution in [2.45, 2.75) is 30.7 Å². The van der Waals surface area contributed by atoms with E-state index in [0.29, 0.717) is 26.9 Å². The molecule has 1 saturated heterocycles. The van der Waals surface area contributed by atoms with Crippen molar-refractivity contribution in [1.82, 2.24) is 4.31 Å². The van der Waals surface area contributed by atoms with Gasteiger partial charge in [0.25, 0.3) is 10.0 Å². The number of carbonyl (C=O) groups excluding carboxylic acids is 2. The molecule has 0 aliphatic carbocycles. The number of furan rings is 1. The molecule has 9 heteroatoms. The second-order valence-electron chi connectivity index (χ2n) is 8.20. The Morgan fingerprint density at radius 1 is 1.06 bits per heavy atom. The average molecular weight is 479 g/mol. The number of fused-ring (bicyclic) bond motifs is 3. The van der Waals surface area contributed by atoms with Gasteiger partial charge in [0.1, 0.15) is 23.0 Å². The Bertz CT molecular complexity index is 1540. The predicted molar refractivity (Wildman–Crippen MR) is 127 cm³/mol. The van der Waals surface area contributed by atoms with Crippen LogP contribution in [0.3, 0.4) is 0 Å². The number of amides is 2. The molecule has 3 aromatic carbocycles. The lowest BCUT2D eigenvalue weighted by atomic mass is 10.1. The molecule has 1 aromatic heterocycles. The first-order valence-corrected chi connectivity index (χ1v) is 12.2. The Morgan fingerprint density at radius 3 is 2.53 bits per heavy atom. The second kappa shape index (κ2) is 8.18. The van der Waals surface area contributed by atoms with Crippen LogP contribution in [0.25, 0.3) is 21.9 Å². The van der Waals surface area contributed by atoms with Gasteiger partial charge in [0.05, 0.1) is 17.7 Å². The van der Waals surface area contributed by atoms with Crippen LogP contribution in [0, 0.1) is 6.92 Å².